The third kappa shape index (κ3) is 4.38. The molecule has 1 saturated heterocycles. The average molecular weight is 390 g/mol. The maximum absolute atomic E-state index is 12.5. The van der Waals surface area contributed by atoms with Crippen molar-refractivity contribution in [3.63, 3.8) is 0 Å². The van der Waals surface area contributed by atoms with Crippen LogP contribution in [0.1, 0.15) is 21.6 Å². The lowest BCUT2D eigenvalue weighted by Gasteiger charge is -2.27. The number of morpholine rings is 1. The van der Waals surface area contributed by atoms with E-state index in [1.807, 2.05) is 32.0 Å². The van der Waals surface area contributed by atoms with Gasteiger partial charge in [-0.2, -0.15) is 5.10 Å². The predicted octanol–water partition coefficient (Wildman–Crippen LogP) is 2.64. The van der Waals surface area contributed by atoms with Crippen LogP contribution in [0.2, 0.25) is 0 Å². The van der Waals surface area contributed by atoms with E-state index in [9.17, 15) is 4.79 Å². The van der Waals surface area contributed by atoms with E-state index in [1.165, 1.54) is 0 Å². The first-order valence-corrected chi connectivity index (χ1v) is 9.46. The number of anilines is 2. The monoisotopic (exact) mass is 390 g/mol. The molecule has 0 radical (unpaired) electrons. The summed E-state index contributed by atoms with van der Waals surface area (Å²) in [4.78, 5) is 23.8. The molecule has 8 heteroatoms. The van der Waals surface area contributed by atoms with E-state index in [0.29, 0.717) is 18.9 Å². The van der Waals surface area contributed by atoms with Gasteiger partial charge < -0.3 is 15.0 Å². The number of hydrogen-bond donors (Lipinski definition) is 1. The first-order chi connectivity index (χ1) is 14.1. The zero-order valence-corrected chi connectivity index (χ0v) is 16.4. The van der Waals surface area contributed by atoms with Gasteiger partial charge in [0, 0.05) is 24.3 Å². The molecule has 1 aliphatic heterocycles. The maximum Gasteiger partial charge on any atom is 0.276 e. The number of carbonyl (C=O) groups excluding carboxylic acids is 1. The van der Waals surface area contributed by atoms with Crippen LogP contribution in [-0.4, -0.2) is 52.4 Å². The van der Waals surface area contributed by atoms with Gasteiger partial charge in [-0.3, -0.25) is 9.78 Å². The molecule has 1 aromatic carbocycles. The van der Waals surface area contributed by atoms with Crippen LogP contribution in [0.4, 0.5) is 11.5 Å². The highest BCUT2D eigenvalue weighted by molar-refractivity contribution is 6.03. The Bertz CT molecular complexity index is 1030. The summed E-state index contributed by atoms with van der Waals surface area (Å²) in [5.41, 5.74) is 4.55. The molecule has 1 aliphatic rings. The lowest BCUT2D eigenvalue weighted by Crippen LogP contribution is -2.36. The van der Waals surface area contributed by atoms with Gasteiger partial charge >= 0.3 is 0 Å². The van der Waals surface area contributed by atoms with Crippen LogP contribution >= 0.6 is 0 Å². The van der Waals surface area contributed by atoms with Gasteiger partial charge in [-0.25, -0.2) is 4.98 Å². The summed E-state index contributed by atoms with van der Waals surface area (Å²) in [5, 5.41) is 10.6. The van der Waals surface area contributed by atoms with E-state index in [1.54, 1.807) is 24.7 Å². The van der Waals surface area contributed by atoms with E-state index in [2.05, 4.69) is 25.4 Å². The van der Waals surface area contributed by atoms with Crippen molar-refractivity contribution >= 4 is 17.4 Å². The minimum Gasteiger partial charge on any atom is -0.378 e. The fourth-order valence-corrected chi connectivity index (χ4v) is 3.18. The van der Waals surface area contributed by atoms with Crippen LogP contribution in [-0.2, 0) is 4.74 Å². The number of hydrogen-bond acceptors (Lipinski definition) is 7. The Balaban J connectivity index is 1.59. The molecule has 3 aromatic rings. The van der Waals surface area contributed by atoms with E-state index >= 15 is 0 Å². The lowest BCUT2D eigenvalue weighted by molar-refractivity contribution is 0.102. The van der Waals surface area contributed by atoms with Gasteiger partial charge in [0.1, 0.15) is 5.82 Å². The second-order valence-corrected chi connectivity index (χ2v) is 6.96. The van der Waals surface area contributed by atoms with E-state index in [4.69, 9.17) is 9.72 Å². The quantitative estimate of drug-likeness (QED) is 0.732. The first kappa shape index (κ1) is 18.9. The summed E-state index contributed by atoms with van der Waals surface area (Å²) in [6.45, 7) is 6.85. The van der Waals surface area contributed by atoms with Crippen molar-refractivity contribution in [3.05, 3.63) is 59.7 Å². The highest BCUT2D eigenvalue weighted by Gasteiger charge is 2.15. The molecule has 148 valence electrons. The van der Waals surface area contributed by atoms with Crippen molar-refractivity contribution in [1.82, 2.24) is 20.2 Å². The van der Waals surface area contributed by atoms with Gasteiger partial charge in [0.25, 0.3) is 5.91 Å². The van der Waals surface area contributed by atoms with Crippen LogP contribution in [0.3, 0.4) is 0 Å². The van der Waals surface area contributed by atoms with Gasteiger partial charge in [0.05, 0.1) is 37.5 Å². The summed E-state index contributed by atoms with van der Waals surface area (Å²) >= 11 is 0. The van der Waals surface area contributed by atoms with Crippen LogP contribution in [0.25, 0.3) is 11.3 Å². The van der Waals surface area contributed by atoms with Gasteiger partial charge in [0.15, 0.2) is 5.69 Å². The van der Waals surface area contributed by atoms with Crippen LogP contribution in [0.5, 0.6) is 0 Å². The van der Waals surface area contributed by atoms with Crippen molar-refractivity contribution in [2.45, 2.75) is 13.8 Å². The van der Waals surface area contributed by atoms with E-state index in [-0.39, 0.29) is 11.6 Å². The molecule has 1 N–H and O–H groups in total. The normalized spacial score (nSPS) is 13.9. The fourth-order valence-electron chi connectivity index (χ4n) is 3.18. The zero-order chi connectivity index (χ0) is 20.2. The van der Waals surface area contributed by atoms with Crippen molar-refractivity contribution in [2.75, 3.05) is 36.5 Å². The summed E-state index contributed by atoms with van der Waals surface area (Å²) in [6.07, 6.45) is 5.12. The summed E-state index contributed by atoms with van der Waals surface area (Å²) in [5.74, 6) is 0.527. The Labute approximate surface area is 169 Å². The number of aryl methyl sites for hydroxylation is 2. The third-order valence-corrected chi connectivity index (χ3v) is 4.75. The fraction of sp³-hybridized carbons (Fsp3) is 0.286. The van der Waals surface area contributed by atoms with Gasteiger partial charge in [-0.15, -0.1) is 5.10 Å². The molecule has 8 nitrogen and oxygen atoms in total. The highest BCUT2D eigenvalue weighted by Crippen LogP contribution is 2.26. The minimum atomic E-state index is -0.302. The van der Waals surface area contributed by atoms with E-state index in [0.717, 1.165) is 41.3 Å². The summed E-state index contributed by atoms with van der Waals surface area (Å²) in [7, 11) is 0. The Morgan fingerprint density at radius 1 is 1.10 bits per heavy atom. The number of benzene rings is 1. The van der Waals surface area contributed by atoms with Gasteiger partial charge in [0.2, 0.25) is 0 Å². The Kier molecular flexibility index (Phi) is 5.44. The Morgan fingerprint density at radius 3 is 2.72 bits per heavy atom. The SMILES string of the molecule is Cc1cnnc(C(=O)Nc2ccc(C)c(-c3cncc(N4CCOCC4)n3)c2)c1. The smallest absolute Gasteiger partial charge is 0.276 e. The number of aromatic nitrogens is 4. The van der Waals surface area contributed by atoms with E-state index < -0.39 is 0 Å². The molecule has 0 spiro atoms. The number of nitrogens with one attached hydrogen (secondary N) is 1. The molecule has 0 bridgehead atoms. The van der Waals surface area contributed by atoms with Crippen molar-refractivity contribution < 1.29 is 9.53 Å². The summed E-state index contributed by atoms with van der Waals surface area (Å²) < 4.78 is 5.41. The maximum atomic E-state index is 12.5. The predicted molar refractivity (Wildman–Crippen MR) is 110 cm³/mol. The van der Waals surface area contributed by atoms with Gasteiger partial charge in [-0.1, -0.05) is 6.07 Å². The van der Waals surface area contributed by atoms with Gasteiger partial charge in [-0.05, 0) is 43.2 Å². The first-order valence-electron chi connectivity index (χ1n) is 9.46. The standard InChI is InChI=1S/C21H22N6O2/c1-14-9-18(26-23-11-14)21(28)24-16-4-3-15(2)17(10-16)19-12-22-13-20(25-19)27-5-7-29-8-6-27/h3-4,9-13H,5-8H2,1-2H3,(H,24,28). The Hall–Kier alpha value is -3.39. The molecule has 0 unspecified atom stereocenters. The van der Waals surface area contributed by atoms with Crippen molar-refractivity contribution in [3.8, 4) is 11.3 Å². The molecule has 0 saturated carbocycles. The summed E-state index contributed by atoms with van der Waals surface area (Å²) in [6, 6.07) is 7.42. The van der Waals surface area contributed by atoms with Crippen LogP contribution < -0.4 is 10.2 Å². The second-order valence-electron chi connectivity index (χ2n) is 6.96. The number of nitrogens with zero attached hydrogens (tertiary/aromatic N) is 5. The third-order valence-electron chi connectivity index (χ3n) is 4.75. The topological polar surface area (TPSA) is 93.1 Å². The molecule has 0 atom stereocenters. The molecule has 0 aliphatic carbocycles. The lowest BCUT2D eigenvalue weighted by atomic mass is 10.0. The number of carbonyl (C=O) groups is 1. The average Bonchev–Trinajstić information content (AvgIpc) is 2.76. The molecule has 3 heterocycles. The minimum absolute atomic E-state index is 0.279. The van der Waals surface area contributed by atoms with Crippen LogP contribution in [0.15, 0.2) is 42.9 Å². The molecular weight excluding hydrogens is 368 g/mol. The molecule has 1 amide bonds. The number of ether oxygens (including phenoxy) is 1. The Morgan fingerprint density at radius 2 is 1.93 bits per heavy atom. The largest absolute Gasteiger partial charge is 0.378 e. The molecular formula is C21H22N6O2. The van der Waals surface area contributed by atoms with Crippen molar-refractivity contribution in [1.29, 1.82) is 0 Å². The molecule has 4 rings (SSSR count). The highest BCUT2D eigenvalue weighted by atomic mass is 16.5. The number of amides is 1. The molecule has 1 fully saturated rings. The molecule has 2 aromatic heterocycles. The zero-order valence-electron chi connectivity index (χ0n) is 16.4. The second kappa shape index (κ2) is 8.32. The number of rotatable bonds is 4. The van der Waals surface area contributed by atoms with Crippen molar-refractivity contribution in [2.24, 2.45) is 0 Å². The molecule has 29 heavy (non-hydrogen) atoms. The van der Waals surface area contributed by atoms with Crippen LogP contribution in [0, 0.1) is 13.8 Å².